The maximum absolute atomic E-state index is 12.3. The number of nitrogens with one attached hydrogen (secondary N) is 1. The Labute approximate surface area is 139 Å². The van der Waals surface area contributed by atoms with Crippen molar-refractivity contribution in [1.29, 1.82) is 0 Å². The zero-order valence-electron chi connectivity index (χ0n) is 13.7. The summed E-state index contributed by atoms with van der Waals surface area (Å²) < 4.78 is 5.71. The smallest absolute Gasteiger partial charge is 0.271 e. The number of nitrogens with zero attached hydrogens (tertiary/aromatic N) is 3. The zero-order valence-corrected chi connectivity index (χ0v) is 13.7. The molecule has 1 atom stereocenters. The molecule has 8 nitrogen and oxygen atoms in total. The number of hydrogen-bond donors (Lipinski definition) is 1. The van der Waals surface area contributed by atoms with Gasteiger partial charge in [-0.2, -0.15) is 0 Å². The van der Waals surface area contributed by atoms with Crippen molar-refractivity contribution in [3.63, 3.8) is 0 Å². The molecule has 24 heavy (non-hydrogen) atoms. The van der Waals surface area contributed by atoms with Crippen LogP contribution < -0.4 is 5.32 Å². The van der Waals surface area contributed by atoms with Gasteiger partial charge in [0, 0.05) is 25.2 Å². The molecule has 1 amide bonds. The Morgan fingerprint density at radius 3 is 3.00 bits per heavy atom. The number of oxazole rings is 1. The fourth-order valence-corrected chi connectivity index (χ4v) is 3.21. The third-order valence-electron chi connectivity index (χ3n) is 4.54. The zero-order chi connectivity index (χ0) is 17.3. The van der Waals surface area contributed by atoms with E-state index in [1.807, 2.05) is 13.8 Å². The number of non-ortho nitro benzene ring substituents is 1. The molecule has 0 bridgehead atoms. The molecule has 1 aromatic heterocycles. The van der Waals surface area contributed by atoms with E-state index in [9.17, 15) is 14.9 Å². The summed E-state index contributed by atoms with van der Waals surface area (Å²) >= 11 is 0. The van der Waals surface area contributed by atoms with E-state index in [4.69, 9.17) is 4.42 Å². The summed E-state index contributed by atoms with van der Waals surface area (Å²) in [6.07, 6.45) is 1.63. The van der Waals surface area contributed by atoms with Gasteiger partial charge >= 0.3 is 0 Å². The lowest BCUT2D eigenvalue weighted by Gasteiger charge is -2.43. The standard InChI is InChI=1S/C16H20N4O4/c1-3-6-16(2)15(21)17-7-8-19(16)10-14-18-12-9-11(20(22)23)4-5-13(12)24-14/h4-5,9H,3,6-8,10H2,1-2H3,(H,17,21). The van der Waals surface area contributed by atoms with Crippen molar-refractivity contribution in [3.8, 4) is 0 Å². The van der Waals surface area contributed by atoms with Crippen LogP contribution in [0.25, 0.3) is 11.1 Å². The summed E-state index contributed by atoms with van der Waals surface area (Å²) in [4.78, 5) is 29.1. The largest absolute Gasteiger partial charge is 0.439 e. The van der Waals surface area contributed by atoms with Crippen LogP contribution in [0.1, 0.15) is 32.6 Å². The van der Waals surface area contributed by atoms with E-state index in [-0.39, 0.29) is 11.6 Å². The van der Waals surface area contributed by atoms with Crippen LogP contribution in [0.5, 0.6) is 0 Å². The number of fused-ring (bicyclic) bond motifs is 1. The van der Waals surface area contributed by atoms with E-state index in [0.29, 0.717) is 36.6 Å². The van der Waals surface area contributed by atoms with Crippen LogP contribution in [-0.2, 0) is 11.3 Å². The van der Waals surface area contributed by atoms with Gasteiger partial charge in [-0.25, -0.2) is 4.98 Å². The molecule has 1 unspecified atom stereocenters. The van der Waals surface area contributed by atoms with E-state index in [0.717, 1.165) is 12.8 Å². The van der Waals surface area contributed by atoms with E-state index in [1.165, 1.54) is 12.1 Å². The first-order valence-electron chi connectivity index (χ1n) is 8.01. The van der Waals surface area contributed by atoms with Crippen LogP contribution >= 0.6 is 0 Å². The minimum atomic E-state index is -0.598. The molecule has 0 aliphatic carbocycles. The summed E-state index contributed by atoms with van der Waals surface area (Å²) in [6, 6.07) is 4.35. The molecule has 1 saturated heterocycles. The number of rotatable bonds is 5. The van der Waals surface area contributed by atoms with Crippen LogP contribution in [0.3, 0.4) is 0 Å². The lowest BCUT2D eigenvalue weighted by Crippen LogP contribution is -2.62. The average Bonchev–Trinajstić information content (AvgIpc) is 2.94. The molecule has 1 aromatic carbocycles. The number of nitro benzene ring substituents is 1. The molecule has 1 aliphatic heterocycles. The van der Waals surface area contributed by atoms with Gasteiger partial charge in [0.15, 0.2) is 5.58 Å². The van der Waals surface area contributed by atoms with Crippen LogP contribution in [0.15, 0.2) is 22.6 Å². The molecule has 0 radical (unpaired) electrons. The SMILES string of the molecule is CCCC1(C)C(=O)NCCN1Cc1nc2cc([N+](=O)[O-])ccc2o1. The number of hydrogen-bond acceptors (Lipinski definition) is 6. The summed E-state index contributed by atoms with van der Waals surface area (Å²) in [5, 5.41) is 13.8. The van der Waals surface area contributed by atoms with E-state index >= 15 is 0 Å². The second-order valence-electron chi connectivity index (χ2n) is 6.22. The number of piperazine rings is 1. The topological polar surface area (TPSA) is 102 Å². The van der Waals surface area contributed by atoms with Crippen LogP contribution in [-0.4, -0.2) is 39.3 Å². The Hall–Kier alpha value is -2.48. The van der Waals surface area contributed by atoms with E-state index in [2.05, 4.69) is 15.2 Å². The number of amides is 1. The number of carbonyl (C=O) groups excluding carboxylic acids is 1. The molecule has 2 aromatic rings. The molecule has 8 heteroatoms. The first-order valence-corrected chi connectivity index (χ1v) is 8.01. The lowest BCUT2D eigenvalue weighted by molar-refractivity contribution is -0.384. The molecular formula is C16H20N4O4. The van der Waals surface area contributed by atoms with Gasteiger partial charge in [0.25, 0.3) is 5.69 Å². The lowest BCUT2D eigenvalue weighted by atomic mass is 9.90. The van der Waals surface area contributed by atoms with Crippen molar-refractivity contribution in [3.05, 3.63) is 34.2 Å². The molecule has 2 heterocycles. The molecular weight excluding hydrogens is 312 g/mol. The number of aromatic nitrogens is 1. The monoisotopic (exact) mass is 332 g/mol. The predicted molar refractivity (Wildman–Crippen MR) is 87.4 cm³/mol. The normalized spacial score (nSPS) is 21.8. The highest BCUT2D eigenvalue weighted by molar-refractivity contribution is 5.86. The Balaban J connectivity index is 1.87. The van der Waals surface area contributed by atoms with Gasteiger partial charge < -0.3 is 9.73 Å². The van der Waals surface area contributed by atoms with Crippen molar-refractivity contribution in [2.24, 2.45) is 0 Å². The van der Waals surface area contributed by atoms with Gasteiger partial charge in [0.1, 0.15) is 5.52 Å². The second kappa shape index (κ2) is 6.20. The van der Waals surface area contributed by atoms with Gasteiger partial charge in [-0.3, -0.25) is 19.8 Å². The molecule has 1 N–H and O–H groups in total. The Bertz CT molecular complexity index is 787. The quantitative estimate of drug-likeness (QED) is 0.665. The molecule has 1 aliphatic rings. The van der Waals surface area contributed by atoms with Crippen molar-refractivity contribution >= 4 is 22.7 Å². The fraction of sp³-hybridized carbons (Fsp3) is 0.500. The number of nitro groups is 1. The van der Waals surface area contributed by atoms with Crippen molar-refractivity contribution in [1.82, 2.24) is 15.2 Å². The van der Waals surface area contributed by atoms with Gasteiger partial charge in [0.05, 0.1) is 17.0 Å². The van der Waals surface area contributed by atoms with Gasteiger partial charge in [-0.15, -0.1) is 0 Å². The summed E-state index contributed by atoms with van der Waals surface area (Å²) in [6.45, 7) is 5.67. The van der Waals surface area contributed by atoms with E-state index < -0.39 is 10.5 Å². The summed E-state index contributed by atoms with van der Waals surface area (Å²) in [5.41, 5.74) is 0.349. The second-order valence-corrected chi connectivity index (χ2v) is 6.22. The predicted octanol–water partition coefficient (Wildman–Crippen LogP) is 2.23. The van der Waals surface area contributed by atoms with Crippen molar-refractivity contribution < 1.29 is 14.1 Å². The third-order valence-corrected chi connectivity index (χ3v) is 4.54. The fourth-order valence-electron chi connectivity index (χ4n) is 3.21. The van der Waals surface area contributed by atoms with Crippen molar-refractivity contribution in [2.75, 3.05) is 13.1 Å². The molecule has 128 valence electrons. The molecule has 0 spiro atoms. The maximum atomic E-state index is 12.3. The average molecular weight is 332 g/mol. The molecule has 1 fully saturated rings. The highest BCUT2D eigenvalue weighted by Gasteiger charge is 2.41. The number of carbonyl (C=O) groups is 1. The molecule has 3 rings (SSSR count). The first kappa shape index (κ1) is 16.4. The Morgan fingerprint density at radius 1 is 1.50 bits per heavy atom. The van der Waals surface area contributed by atoms with E-state index in [1.54, 1.807) is 6.07 Å². The minimum absolute atomic E-state index is 0.0161. The Morgan fingerprint density at radius 2 is 2.29 bits per heavy atom. The minimum Gasteiger partial charge on any atom is -0.439 e. The van der Waals surface area contributed by atoms with Crippen molar-refractivity contribution in [2.45, 2.75) is 38.8 Å². The first-order chi connectivity index (χ1) is 11.4. The summed E-state index contributed by atoms with van der Waals surface area (Å²) in [5.74, 6) is 0.477. The highest BCUT2D eigenvalue weighted by Crippen LogP contribution is 2.28. The van der Waals surface area contributed by atoms with Gasteiger partial charge in [0.2, 0.25) is 11.8 Å². The van der Waals surface area contributed by atoms with Gasteiger partial charge in [-0.1, -0.05) is 13.3 Å². The van der Waals surface area contributed by atoms with Crippen LogP contribution in [0, 0.1) is 10.1 Å². The van der Waals surface area contributed by atoms with Crippen LogP contribution in [0.4, 0.5) is 5.69 Å². The van der Waals surface area contributed by atoms with Crippen LogP contribution in [0.2, 0.25) is 0 Å². The third kappa shape index (κ3) is 2.84. The molecule has 0 saturated carbocycles. The highest BCUT2D eigenvalue weighted by atomic mass is 16.6. The Kier molecular flexibility index (Phi) is 4.23. The summed E-state index contributed by atoms with van der Waals surface area (Å²) in [7, 11) is 0. The van der Waals surface area contributed by atoms with Gasteiger partial charge in [-0.05, 0) is 19.4 Å². The maximum Gasteiger partial charge on any atom is 0.271 e. The number of benzene rings is 1.